The first kappa shape index (κ1) is 16.5. The van der Waals surface area contributed by atoms with E-state index < -0.39 is 0 Å². The van der Waals surface area contributed by atoms with Gasteiger partial charge in [0.1, 0.15) is 5.75 Å². The van der Waals surface area contributed by atoms with Gasteiger partial charge in [0.15, 0.2) is 0 Å². The van der Waals surface area contributed by atoms with Gasteiger partial charge < -0.3 is 10.1 Å². The van der Waals surface area contributed by atoms with Gasteiger partial charge in [-0.15, -0.1) is 0 Å². The van der Waals surface area contributed by atoms with E-state index in [4.69, 9.17) is 27.9 Å². The summed E-state index contributed by atoms with van der Waals surface area (Å²) in [4.78, 5) is 0. The Morgan fingerprint density at radius 1 is 1.14 bits per heavy atom. The third kappa shape index (κ3) is 4.29. The van der Waals surface area contributed by atoms with Crippen molar-refractivity contribution in [3.63, 3.8) is 0 Å². The lowest BCUT2D eigenvalue weighted by Gasteiger charge is -2.18. The minimum atomic E-state index is 0.0691. The lowest BCUT2D eigenvalue weighted by atomic mass is 10.1. The molecule has 0 aliphatic heterocycles. The second-order valence-electron chi connectivity index (χ2n) is 4.61. The van der Waals surface area contributed by atoms with E-state index in [1.165, 1.54) is 0 Å². The van der Waals surface area contributed by atoms with Crippen LogP contribution in [-0.2, 0) is 0 Å². The van der Waals surface area contributed by atoms with E-state index >= 15 is 0 Å². The topological polar surface area (TPSA) is 21.3 Å². The van der Waals surface area contributed by atoms with Gasteiger partial charge >= 0.3 is 0 Å². The highest BCUT2D eigenvalue weighted by Gasteiger charge is 2.11. The maximum absolute atomic E-state index is 6.27. The molecule has 21 heavy (non-hydrogen) atoms. The van der Waals surface area contributed by atoms with Crippen LogP contribution in [0.5, 0.6) is 5.75 Å². The second-order valence-corrected chi connectivity index (χ2v) is 6.34. The molecule has 1 unspecified atom stereocenters. The zero-order chi connectivity index (χ0) is 15.4. The Morgan fingerprint density at radius 2 is 1.90 bits per heavy atom. The fraction of sp³-hybridized carbons (Fsp3) is 0.250. The zero-order valence-electron chi connectivity index (χ0n) is 11.8. The number of nitrogens with one attached hydrogen (secondary N) is 1. The summed E-state index contributed by atoms with van der Waals surface area (Å²) in [5, 5.41) is 4.71. The molecule has 0 spiro atoms. The molecule has 0 bridgehead atoms. The first-order chi connectivity index (χ1) is 10.0. The fourth-order valence-corrected chi connectivity index (χ4v) is 3.12. The van der Waals surface area contributed by atoms with Crippen molar-refractivity contribution in [3.8, 4) is 5.75 Å². The number of hydrogen-bond acceptors (Lipinski definition) is 2. The highest BCUT2D eigenvalue weighted by Crippen LogP contribution is 2.32. The Labute approximate surface area is 143 Å². The predicted molar refractivity (Wildman–Crippen MR) is 93.8 cm³/mol. The van der Waals surface area contributed by atoms with Crippen LogP contribution >= 0.6 is 39.1 Å². The van der Waals surface area contributed by atoms with E-state index in [1.807, 2.05) is 43.3 Å². The summed E-state index contributed by atoms with van der Waals surface area (Å²) in [7, 11) is 0. The van der Waals surface area contributed by atoms with Crippen molar-refractivity contribution >= 4 is 44.8 Å². The van der Waals surface area contributed by atoms with Gasteiger partial charge in [0.05, 0.1) is 11.6 Å². The molecule has 2 rings (SSSR count). The molecule has 0 saturated carbocycles. The summed E-state index contributed by atoms with van der Waals surface area (Å²) in [6.45, 7) is 4.58. The molecule has 0 fully saturated rings. The highest BCUT2D eigenvalue weighted by atomic mass is 79.9. The zero-order valence-corrected chi connectivity index (χ0v) is 14.9. The lowest BCUT2D eigenvalue weighted by Crippen LogP contribution is -2.07. The van der Waals surface area contributed by atoms with Crippen LogP contribution in [0.1, 0.15) is 25.5 Å². The Morgan fingerprint density at radius 3 is 2.52 bits per heavy atom. The molecular weight excluding hydrogens is 373 g/mol. The number of ether oxygens (including phenoxy) is 1. The Bertz CT molecular complexity index is 634. The third-order valence-electron chi connectivity index (χ3n) is 3.04. The molecule has 2 aromatic rings. The summed E-state index contributed by atoms with van der Waals surface area (Å²) in [5.41, 5.74) is 1.96. The van der Waals surface area contributed by atoms with Crippen LogP contribution in [0.2, 0.25) is 10.0 Å². The first-order valence-corrected chi connectivity index (χ1v) is 8.20. The normalized spacial score (nSPS) is 12.0. The van der Waals surface area contributed by atoms with Crippen LogP contribution in [0.3, 0.4) is 0 Å². The Hall–Kier alpha value is -0.900. The highest BCUT2D eigenvalue weighted by molar-refractivity contribution is 9.10. The van der Waals surface area contributed by atoms with Crippen molar-refractivity contribution in [1.82, 2.24) is 0 Å². The molecule has 112 valence electrons. The molecule has 5 heteroatoms. The third-order valence-corrected chi connectivity index (χ3v) is 4.16. The second kappa shape index (κ2) is 7.39. The van der Waals surface area contributed by atoms with E-state index in [1.54, 1.807) is 0 Å². The SMILES string of the molecule is CCOc1ccc(NC(C)c2ccc(Br)cc2Cl)cc1Cl. The van der Waals surface area contributed by atoms with Crippen molar-refractivity contribution in [2.24, 2.45) is 0 Å². The summed E-state index contributed by atoms with van der Waals surface area (Å²) in [6.07, 6.45) is 0. The molecule has 0 radical (unpaired) electrons. The van der Waals surface area contributed by atoms with Crippen LogP contribution in [0.4, 0.5) is 5.69 Å². The molecule has 0 saturated heterocycles. The first-order valence-electron chi connectivity index (χ1n) is 6.65. The average molecular weight is 389 g/mol. The molecule has 0 aromatic heterocycles. The van der Waals surface area contributed by atoms with Crippen molar-refractivity contribution in [2.45, 2.75) is 19.9 Å². The number of anilines is 1. The van der Waals surface area contributed by atoms with Gasteiger partial charge in [-0.3, -0.25) is 0 Å². The van der Waals surface area contributed by atoms with Crippen LogP contribution < -0.4 is 10.1 Å². The van der Waals surface area contributed by atoms with Crippen molar-refractivity contribution < 1.29 is 4.74 Å². The van der Waals surface area contributed by atoms with Crippen molar-refractivity contribution in [2.75, 3.05) is 11.9 Å². The minimum Gasteiger partial charge on any atom is -0.492 e. The van der Waals surface area contributed by atoms with Crippen LogP contribution in [0.25, 0.3) is 0 Å². The molecule has 2 nitrogen and oxygen atoms in total. The van der Waals surface area contributed by atoms with Crippen LogP contribution in [0.15, 0.2) is 40.9 Å². The summed E-state index contributed by atoms with van der Waals surface area (Å²) < 4.78 is 6.39. The van der Waals surface area contributed by atoms with Gasteiger partial charge in [-0.2, -0.15) is 0 Å². The average Bonchev–Trinajstić information content (AvgIpc) is 2.41. The molecule has 1 atom stereocenters. The van der Waals surface area contributed by atoms with Gasteiger partial charge in [-0.25, -0.2) is 0 Å². The Kier molecular flexibility index (Phi) is 5.80. The molecular formula is C16H16BrCl2NO. The van der Waals surface area contributed by atoms with E-state index in [9.17, 15) is 0 Å². The van der Waals surface area contributed by atoms with Gasteiger partial charge in [0.2, 0.25) is 0 Å². The van der Waals surface area contributed by atoms with Crippen molar-refractivity contribution in [3.05, 3.63) is 56.5 Å². The summed E-state index contributed by atoms with van der Waals surface area (Å²) in [6, 6.07) is 11.6. The molecule has 0 aliphatic rings. The number of halogens is 3. The largest absolute Gasteiger partial charge is 0.492 e. The lowest BCUT2D eigenvalue weighted by molar-refractivity contribution is 0.340. The van der Waals surface area contributed by atoms with E-state index in [0.29, 0.717) is 17.4 Å². The smallest absolute Gasteiger partial charge is 0.138 e. The van der Waals surface area contributed by atoms with Gasteiger partial charge in [0.25, 0.3) is 0 Å². The minimum absolute atomic E-state index is 0.0691. The monoisotopic (exact) mass is 387 g/mol. The standard InChI is InChI=1S/C16H16BrCl2NO/c1-3-21-16-7-5-12(9-15(16)19)20-10(2)13-6-4-11(17)8-14(13)18/h4-10,20H,3H2,1-2H3. The van der Waals surface area contributed by atoms with Crippen LogP contribution in [-0.4, -0.2) is 6.61 Å². The molecule has 0 amide bonds. The van der Waals surface area contributed by atoms with Crippen molar-refractivity contribution in [1.29, 1.82) is 0 Å². The summed E-state index contributed by atoms with van der Waals surface area (Å²) >= 11 is 15.9. The predicted octanol–water partition coefficient (Wildman–Crippen LogP) is 6.33. The maximum Gasteiger partial charge on any atom is 0.138 e. The number of hydrogen-bond donors (Lipinski definition) is 1. The summed E-state index contributed by atoms with van der Waals surface area (Å²) in [5.74, 6) is 0.694. The van der Waals surface area contributed by atoms with E-state index in [2.05, 4.69) is 28.2 Å². The maximum atomic E-state index is 6.27. The molecule has 1 N–H and O–H groups in total. The number of rotatable bonds is 5. The Balaban J connectivity index is 2.15. The fourth-order valence-electron chi connectivity index (χ4n) is 2.04. The molecule has 0 heterocycles. The van der Waals surface area contributed by atoms with Crippen LogP contribution in [0, 0.1) is 0 Å². The number of benzene rings is 2. The molecule has 2 aromatic carbocycles. The van der Waals surface area contributed by atoms with Gasteiger partial charge in [-0.05, 0) is 49.7 Å². The van der Waals surface area contributed by atoms with Gasteiger partial charge in [0, 0.05) is 21.2 Å². The quantitative estimate of drug-likeness (QED) is 0.646. The molecule has 0 aliphatic carbocycles. The van der Waals surface area contributed by atoms with E-state index in [-0.39, 0.29) is 6.04 Å². The van der Waals surface area contributed by atoms with E-state index in [0.717, 1.165) is 20.7 Å². The van der Waals surface area contributed by atoms with Gasteiger partial charge in [-0.1, -0.05) is 45.2 Å².